The van der Waals surface area contributed by atoms with E-state index in [2.05, 4.69) is 10.6 Å². The molecule has 0 bridgehead atoms. The Morgan fingerprint density at radius 2 is 1.92 bits per heavy atom. The van der Waals surface area contributed by atoms with E-state index in [-0.39, 0.29) is 17.6 Å². The van der Waals surface area contributed by atoms with E-state index in [0.717, 1.165) is 25.0 Å². The number of likely N-dealkylation sites (tertiary alicyclic amines) is 1. The second-order valence-corrected chi connectivity index (χ2v) is 6.14. The zero-order valence-corrected chi connectivity index (χ0v) is 12.9. The Morgan fingerprint density at radius 1 is 1.17 bits per heavy atom. The molecule has 24 heavy (non-hydrogen) atoms. The monoisotopic (exact) mass is 341 g/mol. The second kappa shape index (κ2) is 6.33. The quantitative estimate of drug-likeness (QED) is 0.888. The fourth-order valence-electron chi connectivity index (χ4n) is 2.78. The van der Waals surface area contributed by atoms with Crippen molar-refractivity contribution >= 4 is 17.6 Å². The molecule has 2 fully saturated rings. The fourth-order valence-corrected chi connectivity index (χ4v) is 2.78. The van der Waals surface area contributed by atoms with Crippen molar-refractivity contribution in [1.29, 1.82) is 0 Å². The van der Waals surface area contributed by atoms with Crippen molar-refractivity contribution in [1.82, 2.24) is 10.2 Å². The Bertz CT molecular complexity index is 644. The summed E-state index contributed by atoms with van der Waals surface area (Å²) < 4.78 is 38.2. The molecule has 1 aliphatic carbocycles. The summed E-state index contributed by atoms with van der Waals surface area (Å²) in [7, 11) is 0. The third-order valence-electron chi connectivity index (χ3n) is 4.18. The van der Waals surface area contributed by atoms with Crippen LogP contribution in [0.15, 0.2) is 24.3 Å². The molecule has 1 heterocycles. The van der Waals surface area contributed by atoms with Gasteiger partial charge in [0.1, 0.15) is 6.04 Å². The molecule has 3 rings (SSSR count). The largest absolute Gasteiger partial charge is 0.416 e. The van der Waals surface area contributed by atoms with E-state index in [1.807, 2.05) is 0 Å². The molecule has 0 aromatic heterocycles. The zero-order valence-electron chi connectivity index (χ0n) is 12.9. The normalized spacial score (nSPS) is 20.8. The molecule has 130 valence electrons. The average molecular weight is 341 g/mol. The maximum absolute atomic E-state index is 12.7. The van der Waals surface area contributed by atoms with Gasteiger partial charge in [-0.25, -0.2) is 4.79 Å². The third-order valence-corrected chi connectivity index (χ3v) is 4.18. The van der Waals surface area contributed by atoms with E-state index < -0.39 is 23.8 Å². The Morgan fingerprint density at radius 3 is 2.58 bits per heavy atom. The molecule has 5 nitrogen and oxygen atoms in total. The van der Waals surface area contributed by atoms with Crippen molar-refractivity contribution in [3.63, 3.8) is 0 Å². The number of halogens is 3. The average Bonchev–Trinajstić information content (AvgIpc) is 3.18. The molecule has 1 aromatic rings. The number of rotatable bonds is 3. The van der Waals surface area contributed by atoms with E-state index in [9.17, 15) is 22.8 Å². The molecule has 1 saturated heterocycles. The minimum atomic E-state index is -4.47. The lowest BCUT2D eigenvalue weighted by molar-refractivity contribution is -0.137. The number of amides is 3. The highest BCUT2D eigenvalue weighted by molar-refractivity contribution is 5.94. The number of carbonyl (C=O) groups excluding carboxylic acids is 2. The van der Waals surface area contributed by atoms with Crippen LogP contribution in [0.1, 0.15) is 31.2 Å². The number of benzene rings is 1. The summed E-state index contributed by atoms with van der Waals surface area (Å²) in [6.07, 6.45) is -1.31. The Balaban J connectivity index is 1.66. The summed E-state index contributed by atoms with van der Waals surface area (Å²) in [5.74, 6) is -0.186. The van der Waals surface area contributed by atoms with Crippen molar-refractivity contribution in [3.8, 4) is 0 Å². The standard InChI is InChI=1S/C16H18F3N3O2/c17-16(18,19)10-3-1-4-12(9-10)21-15(24)22-8-2-5-13(22)14(23)20-11-6-7-11/h1,3-4,9,11,13H,2,5-8H2,(H,20,23)(H,21,24). The number of hydrogen-bond donors (Lipinski definition) is 2. The number of carbonyl (C=O) groups is 2. The minimum Gasteiger partial charge on any atom is -0.352 e. The van der Waals surface area contributed by atoms with Crippen molar-refractivity contribution in [2.75, 3.05) is 11.9 Å². The lowest BCUT2D eigenvalue weighted by Crippen LogP contribution is -2.48. The van der Waals surface area contributed by atoms with Gasteiger partial charge in [0.05, 0.1) is 5.56 Å². The van der Waals surface area contributed by atoms with Crippen molar-refractivity contribution < 1.29 is 22.8 Å². The second-order valence-electron chi connectivity index (χ2n) is 6.14. The Labute approximate surface area is 137 Å². The highest BCUT2D eigenvalue weighted by Crippen LogP contribution is 2.31. The van der Waals surface area contributed by atoms with Crippen molar-refractivity contribution in [2.45, 2.75) is 43.9 Å². The summed E-state index contributed by atoms with van der Waals surface area (Å²) in [5, 5.41) is 5.32. The van der Waals surface area contributed by atoms with Crippen LogP contribution in [0.4, 0.5) is 23.7 Å². The topological polar surface area (TPSA) is 61.4 Å². The first-order valence-electron chi connectivity index (χ1n) is 7.90. The molecule has 1 aromatic carbocycles. The molecule has 2 aliphatic rings. The number of urea groups is 1. The van der Waals surface area contributed by atoms with E-state index in [1.54, 1.807) is 0 Å². The molecule has 1 atom stereocenters. The highest BCUT2D eigenvalue weighted by atomic mass is 19.4. The van der Waals surface area contributed by atoms with E-state index in [1.165, 1.54) is 17.0 Å². The van der Waals surface area contributed by atoms with Crippen LogP contribution in [0.2, 0.25) is 0 Å². The summed E-state index contributed by atoms with van der Waals surface area (Å²) in [6, 6.07) is 3.54. The van der Waals surface area contributed by atoms with Gasteiger partial charge in [0.25, 0.3) is 0 Å². The lowest BCUT2D eigenvalue weighted by atomic mass is 10.2. The molecule has 3 amide bonds. The summed E-state index contributed by atoms with van der Waals surface area (Å²) >= 11 is 0. The molecule has 0 radical (unpaired) electrons. The number of alkyl halides is 3. The van der Waals surface area contributed by atoms with Gasteiger partial charge >= 0.3 is 12.2 Å². The van der Waals surface area contributed by atoms with Gasteiger partial charge < -0.3 is 15.5 Å². The van der Waals surface area contributed by atoms with Crippen LogP contribution in [0.25, 0.3) is 0 Å². The lowest BCUT2D eigenvalue weighted by Gasteiger charge is -2.24. The van der Waals surface area contributed by atoms with Crippen molar-refractivity contribution in [3.05, 3.63) is 29.8 Å². The predicted molar refractivity (Wildman–Crippen MR) is 81.4 cm³/mol. The smallest absolute Gasteiger partial charge is 0.352 e. The summed E-state index contributed by atoms with van der Waals surface area (Å²) in [4.78, 5) is 25.9. The molecule has 1 unspecified atom stereocenters. The van der Waals surface area contributed by atoms with Gasteiger partial charge in [-0.3, -0.25) is 4.79 Å². The number of nitrogens with zero attached hydrogens (tertiary/aromatic N) is 1. The van der Waals surface area contributed by atoms with Crippen LogP contribution in [0, 0.1) is 0 Å². The molecular weight excluding hydrogens is 323 g/mol. The Kier molecular flexibility index (Phi) is 4.38. The Hall–Kier alpha value is -2.25. The van der Waals surface area contributed by atoms with Gasteiger partial charge in [-0.05, 0) is 43.9 Å². The van der Waals surface area contributed by atoms with Crippen LogP contribution >= 0.6 is 0 Å². The van der Waals surface area contributed by atoms with E-state index in [4.69, 9.17) is 0 Å². The van der Waals surface area contributed by atoms with Crippen molar-refractivity contribution in [2.24, 2.45) is 0 Å². The molecule has 1 aliphatic heterocycles. The van der Waals surface area contributed by atoms with Crippen LogP contribution in [0.5, 0.6) is 0 Å². The van der Waals surface area contributed by atoms with Crippen LogP contribution in [-0.4, -0.2) is 35.5 Å². The van der Waals surface area contributed by atoms with E-state index in [0.29, 0.717) is 19.4 Å². The SMILES string of the molecule is O=C(NC1CC1)C1CCCN1C(=O)Nc1cccc(C(F)(F)F)c1. The number of hydrogen-bond acceptors (Lipinski definition) is 2. The van der Waals surface area contributed by atoms with Crippen LogP contribution in [-0.2, 0) is 11.0 Å². The van der Waals surface area contributed by atoms with Gasteiger partial charge in [0.2, 0.25) is 5.91 Å². The van der Waals surface area contributed by atoms with Gasteiger partial charge in [-0.2, -0.15) is 13.2 Å². The predicted octanol–water partition coefficient (Wildman–Crippen LogP) is 2.98. The maximum Gasteiger partial charge on any atom is 0.416 e. The van der Waals surface area contributed by atoms with Gasteiger partial charge in [-0.15, -0.1) is 0 Å². The fraction of sp³-hybridized carbons (Fsp3) is 0.500. The molecule has 0 spiro atoms. The van der Waals surface area contributed by atoms with Crippen LogP contribution in [0.3, 0.4) is 0 Å². The van der Waals surface area contributed by atoms with Gasteiger partial charge in [0.15, 0.2) is 0 Å². The first-order valence-corrected chi connectivity index (χ1v) is 7.90. The maximum atomic E-state index is 12.7. The molecule has 1 saturated carbocycles. The molecular formula is C16H18F3N3O2. The van der Waals surface area contributed by atoms with Gasteiger partial charge in [0, 0.05) is 18.3 Å². The summed E-state index contributed by atoms with van der Waals surface area (Å²) in [5.41, 5.74) is -0.771. The molecule has 2 N–H and O–H groups in total. The first-order chi connectivity index (χ1) is 11.3. The molecule has 8 heteroatoms. The zero-order chi connectivity index (χ0) is 17.3. The van der Waals surface area contributed by atoms with Crippen LogP contribution < -0.4 is 10.6 Å². The first kappa shape index (κ1) is 16.6. The van der Waals surface area contributed by atoms with E-state index >= 15 is 0 Å². The summed E-state index contributed by atoms with van der Waals surface area (Å²) in [6.45, 7) is 0.410. The van der Waals surface area contributed by atoms with Gasteiger partial charge in [-0.1, -0.05) is 6.07 Å². The highest BCUT2D eigenvalue weighted by Gasteiger charge is 2.37. The minimum absolute atomic E-state index is 0.0584. The number of nitrogens with one attached hydrogen (secondary N) is 2. The third kappa shape index (κ3) is 3.80. The number of anilines is 1.